The Hall–Kier alpha value is -1.31. The number of halogens is 1. The highest BCUT2D eigenvalue weighted by Gasteiger charge is 2.11. The fraction of sp³-hybridized carbons (Fsp3) is 0.250. The zero-order valence-corrected chi connectivity index (χ0v) is 11.4. The molecule has 2 aromatic rings. The first-order chi connectivity index (χ1) is 8.58. The van der Waals surface area contributed by atoms with Crippen molar-refractivity contribution in [3.05, 3.63) is 69.7 Å². The van der Waals surface area contributed by atoms with Gasteiger partial charge < -0.3 is 5.11 Å². The number of aryl methyl sites for hydroxylation is 2. The molecule has 1 unspecified atom stereocenters. The third-order valence-corrected chi connectivity index (χ3v) is 3.66. The van der Waals surface area contributed by atoms with Gasteiger partial charge in [-0.1, -0.05) is 48.0 Å². The molecule has 0 saturated carbocycles. The smallest absolute Gasteiger partial charge is 0.0831 e. The highest BCUT2D eigenvalue weighted by atomic mass is 35.5. The van der Waals surface area contributed by atoms with Crippen LogP contribution in [0.5, 0.6) is 0 Å². The number of aliphatic hydroxyl groups is 1. The van der Waals surface area contributed by atoms with Crippen molar-refractivity contribution in [3.63, 3.8) is 0 Å². The highest BCUT2D eigenvalue weighted by Crippen LogP contribution is 2.24. The van der Waals surface area contributed by atoms with E-state index in [1.54, 1.807) is 0 Å². The average Bonchev–Trinajstić information content (AvgIpc) is 2.35. The molecule has 0 bridgehead atoms. The number of hydrogen-bond donors (Lipinski definition) is 1. The molecule has 18 heavy (non-hydrogen) atoms. The maximum absolute atomic E-state index is 10.3. The van der Waals surface area contributed by atoms with E-state index in [1.807, 2.05) is 42.5 Å². The van der Waals surface area contributed by atoms with Crippen molar-refractivity contribution < 1.29 is 5.11 Å². The summed E-state index contributed by atoms with van der Waals surface area (Å²) in [7, 11) is 0. The Labute approximate surface area is 113 Å². The summed E-state index contributed by atoms with van der Waals surface area (Å²) in [6.07, 6.45) is 0.0338. The van der Waals surface area contributed by atoms with E-state index in [2.05, 4.69) is 13.8 Å². The Morgan fingerprint density at radius 2 is 1.78 bits per heavy atom. The van der Waals surface area contributed by atoms with Crippen molar-refractivity contribution in [2.45, 2.75) is 26.4 Å². The summed E-state index contributed by atoms with van der Waals surface area (Å²) < 4.78 is 0. The molecule has 2 aromatic carbocycles. The SMILES string of the molecule is Cc1ccc(C(O)Cc2ccccc2Cl)cc1C. The summed E-state index contributed by atoms with van der Waals surface area (Å²) in [4.78, 5) is 0. The molecule has 0 aliphatic carbocycles. The van der Waals surface area contributed by atoms with Crippen LogP contribution in [0.2, 0.25) is 5.02 Å². The maximum atomic E-state index is 10.3. The minimum atomic E-state index is -0.510. The van der Waals surface area contributed by atoms with Crippen LogP contribution in [0.1, 0.15) is 28.4 Å². The van der Waals surface area contributed by atoms with Gasteiger partial charge in [-0.2, -0.15) is 0 Å². The van der Waals surface area contributed by atoms with Crippen molar-refractivity contribution in [2.24, 2.45) is 0 Å². The van der Waals surface area contributed by atoms with E-state index in [0.717, 1.165) is 11.1 Å². The number of hydrogen-bond acceptors (Lipinski definition) is 1. The topological polar surface area (TPSA) is 20.2 Å². The van der Waals surface area contributed by atoms with E-state index in [9.17, 15) is 5.11 Å². The normalized spacial score (nSPS) is 12.4. The third kappa shape index (κ3) is 2.92. The van der Waals surface area contributed by atoms with Gasteiger partial charge in [0.05, 0.1) is 6.10 Å². The molecule has 1 N–H and O–H groups in total. The lowest BCUT2D eigenvalue weighted by Crippen LogP contribution is -2.03. The molecule has 1 nitrogen and oxygen atoms in total. The predicted octanol–water partition coefficient (Wildman–Crippen LogP) is 4.23. The number of rotatable bonds is 3. The van der Waals surface area contributed by atoms with Crippen LogP contribution < -0.4 is 0 Å². The van der Waals surface area contributed by atoms with Crippen LogP contribution in [-0.2, 0) is 6.42 Å². The maximum Gasteiger partial charge on any atom is 0.0831 e. The minimum absolute atomic E-state index is 0.510. The quantitative estimate of drug-likeness (QED) is 0.876. The second kappa shape index (κ2) is 5.55. The van der Waals surface area contributed by atoms with Gasteiger partial charge in [0.15, 0.2) is 0 Å². The zero-order chi connectivity index (χ0) is 13.1. The first kappa shape index (κ1) is 13.1. The standard InChI is InChI=1S/C16H17ClO/c1-11-7-8-14(9-12(11)2)16(18)10-13-5-3-4-6-15(13)17/h3-9,16,18H,10H2,1-2H3. The van der Waals surface area contributed by atoms with Gasteiger partial charge in [0.1, 0.15) is 0 Å². The van der Waals surface area contributed by atoms with Crippen LogP contribution in [0.3, 0.4) is 0 Å². The van der Waals surface area contributed by atoms with Crippen LogP contribution in [0.25, 0.3) is 0 Å². The molecular formula is C16H17ClO. The molecule has 1 atom stereocenters. The van der Waals surface area contributed by atoms with E-state index in [0.29, 0.717) is 11.4 Å². The van der Waals surface area contributed by atoms with Crippen molar-refractivity contribution in [1.82, 2.24) is 0 Å². The summed E-state index contributed by atoms with van der Waals surface area (Å²) >= 11 is 6.10. The van der Waals surface area contributed by atoms with Crippen LogP contribution in [-0.4, -0.2) is 5.11 Å². The van der Waals surface area contributed by atoms with Crippen LogP contribution in [0, 0.1) is 13.8 Å². The van der Waals surface area contributed by atoms with E-state index < -0.39 is 6.10 Å². The summed E-state index contributed by atoms with van der Waals surface area (Å²) in [5, 5.41) is 11.0. The molecule has 0 aromatic heterocycles. The summed E-state index contributed by atoms with van der Waals surface area (Å²) in [5.41, 5.74) is 4.36. The van der Waals surface area contributed by atoms with Gasteiger partial charge in [-0.15, -0.1) is 0 Å². The number of benzene rings is 2. The molecule has 0 radical (unpaired) electrons. The molecule has 0 saturated heterocycles. The first-order valence-electron chi connectivity index (χ1n) is 6.06. The molecule has 94 valence electrons. The van der Waals surface area contributed by atoms with Gasteiger partial charge in [-0.05, 0) is 42.2 Å². The first-order valence-corrected chi connectivity index (χ1v) is 6.44. The average molecular weight is 261 g/mol. The Bertz CT molecular complexity index is 549. The highest BCUT2D eigenvalue weighted by molar-refractivity contribution is 6.31. The molecule has 0 heterocycles. The number of aliphatic hydroxyl groups excluding tert-OH is 1. The summed E-state index contributed by atoms with van der Waals surface area (Å²) in [6.45, 7) is 4.13. The van der Waals surface area contributed by atoms with Gasteiger partial charge in [-0.3, -0.25) is 0 Å². The summed E-state index contributed by atoms with van der Waals surface area (Å²) in [5.74, 6) is 0. The predicted molar refractivity (Wildman–Crippen MR) is 76.0 cm³/mol. The molecule has 0 aliphatic rings. The fourth-order valence-corrected chi connectivity index (χ4v) is 2.17. The Morgan fingerprint density at radius 1 is 1.06 bits per heavy atom. The van der Waals surface area contributed by atoms with Gasteiger partial charge in [0.2, 0.25) is 0 Å². The molecule has 0 spiro atoms. The fourth-order valence-electron chi connectivity index (χ4n) is 1.96. The Kier molecular flexibility index (Phi) is 4.05. The molecule has 2 rings (SSSR count). The molecule has 0 aliphatic heterocycles. The van der Waals surface area contributed by atoms with Crippen molar-refractivity contribution in [1.29, 1.82) is 0 Å². The minimum Gasteiger partial charge on any atom is -0.388 e. The zero-order valence-electron chi connectivity index (χ0n) is 10.7. The van der Waals surface area contributed by atoms with Crippen LogP contribution in [0.4, 0.5) is 0 Å². The lowest BCUT2D eigenvalue weighted by atomic mass is 9.98. The van der Waals surface area contributed by atoms with E-state index in [4.69, 9.17) is 11.6 Å². The molecular weight excluding hydrogens is 244 g/mol. The Morgan fingerprint density at radius 3 is 2.44 bits per heavy atom. The third-order valence-electron chi connectivity index (χ3n) is 3.29. The van der Waals surface area contributed by atoms with Crippen molar-refractivity contribution >= 4 is 11.6 Å². The van der Waals surface area contributed by atoms with E-state index >= 15 is 0 Å². The Balaban J connectivity index is 2.19. The summed E-state index contributed by atoms with van der Waals surface area (Å²) in [6, 6.07) is 13.7. The van der Waals surface area contributed by atoms with Gasteiger partial charge in [-0.25, -0.2) is 0 Å². The van der Waals surface area contributed by atoms with Crippen molar-refractivity contribution in [2.75, 3.05) is 0 Å². The lowest BCUT2D eigenvalue weighted by molar-refractivity contribution is 0.178. The second-order valence-electron chi connectivity index (χ2n) is 4.66. The molecule has 2 heteroatoms. The molecule has 0 fully saturated rings. The lowest BCUT2D eigenvalue weighted by Gasteiger charge is -2.13. The van der Waals surface area contributed by atoms with Gasteiger partial charge >= 0.3 is 0 Å². The molecule has 0 amide bonds. The largest absolute Gasteiger partial charge is 0.388 e. The van der Waals surface area contributed by atoms with Crippen LogP contribution in [0.15, 0.2) is 42.5 Å². The van der Waals surface area contributed by atoms with Crippen molar-refractivity contribution in [3.8, 4) is 0 Å². The van der Waals surface area contributed by atoms with Gasteiger partial charge in [0.25, 0.3) is 0 Å². The van der Waals surface area contributed by atoms with Gasteiger partial charge in [0, 0.05) is 11.4 Å². The van der Waals surface area contributed by atoms with E-state index in [1.165, 1.54) is 11.1 Å². The van der Waals surface area contributed by atoms with E-state index in [-0.39, 0.29) is 0 Å². The monoisotopic (exact) mass is 260 g/mol. The van der Waals surface area contributed by atoms with Crippen LogP contribution >= 0.6 is 11.6 Å². The second-order valence-corrected chi connectivity index (χ2v) is 5.06.